The third-order valence-electron chi connectivity index (χ3n) is 3.69. The smallest absolute Gasteiger partial charge is 0.154 e. The molecule has 1 atom stereocenters. The summed E-state index contributed by atoms with van der Waals surface area (Å²) < 4.78 is 23.8. The Labute approximate surface area is 106 Å². The van der Waals surface area contributed by atoms with Gasteiger partial charge >= 0.3 is 0 Å². The van der Waals surface area contributed by atoms with Crippen LogP contribution in [0.4, 0.5) is 0 Å². The Balaban J connectivity index is 2.29. The van der Waals surface area contributed by atoms with E-state index in [9.17, 15) is 8.42 Å². The van der Waals surface area contributed by atoms with Gasteiger partial charge in [-0.1, -0.05) is 32.6 Å². The molecule has 0 aliphatic heterocycles. The summed E-state index contributed by atoms with van der Waals surface area (Å²) in [6.45, 7) is 4.48. The van der Waals surface area contributed by atoms with Gasteiger partial charge in [0.05, 0.1) is 11.0 Å². The Morgan fingerprint density at radius 3 is 2.47 bits per heavy atom. The lowest BCUT2D eigenvalue weighted by atomic mass is 9.95. The molecule has 1 N–H and O–H groups in total. The average Bonchev–Trinajstić information content (AvgIpc) is 2.34. The standard InChI is InChI=1S/C13H27NO2S/c1-3-4-10-17(15,16)12(2)11-14-13-8-6-5-7-9-13/h12-14H,3-11H2,1-2H3. The van der Waals surface area contributed by atoms with Gasteiger partial charge in [-0.05, 0) is 26.2 Å². The van der Waals surface area contributed by atoms with Gasteiger partial charge in [0.25, 0.3) is 0 Å². The highest BCUT2D eigenvalue weighted by Crippen LogP contribution is 2.17. The molecule has 1 fully saturated rings. The normalized spacial score (nSPS) is 20.4. The number of hydrogen-bond acceptors (Lipinski definition) is 3. The highest BCUT2D eigenvalue weighted by molar-refractivity contribution is 7.92. The molecular weight excluding hydrogens is 234 g/mol. The van der Waals surface area contributed by atoms with Crippen molar-refractivity contribution in [3.8, 4) is 0 Å². The van der Waals surface area contributed by atoms with E-state index in [2.05, 4.69) is 5.32 Å². The Bertz CT molecular complexity index is 295. The lowest BCUT2D eigenvalue weighted by Crippen LogP contribution is -2.39. The van der Waals surface area contributed by atoms with Crippen molar-refractivity contribution in [1.29, 1.82) is 0 Å². The van der Waals surface area contributed by atoms with Gasteiger partial charge in [0.1, 0.15) is 0 Å². The molecule has 1 aliphatic carbocycles. The second-order valence-corrected chi connectivity index (χ2v) is 7.81. The molecule has 4 heteroatoms. The van der Waals surface area contributed by atoms with E-state index in [-0.39, 0.29) is 5.25 Å². The quantitative estimate of drug-likeness (QED) is 0.766. The van der Waals surface area contributed by atoms with Gasteiger partial charge in [-0.25, -0.2) is 8.42 Å². The lowest BCUT2D eigenvalue weighted by molar-refractivity contribution is 0.374. The van der Waals surface area contributed by atoms with Crippen LogP contribution in [0.2, 0.25) is 0 Å². The topological polar surface area (TPSA) is 46.2 Å². The first kappa shape index (κ1) is 15.0. The lowest BCUT2D eigenvalue weighted by Gasteiger charge is -2.24. The molecule has 0 saturated heterocycles. The van der Waals surface area contributed by atoms with Crippen molar-refractivity contribution >= 4 is 9.84 Å². The van der Waals surface area contributed by atoms with Gasteiger partial charge in [-0.3, -0.25) is 0 Å². The Morgan fingerprint density at radius 2 is 1.88 bits per heavy atom. The number of rotatable bonds is 7. The van der Waals surface area contributed by atoms with Crippen LogP contribution in [0.15, 0.2) is 0 Å². The third-order valence-corrected chi connectivity index (χ3v) is 5.95. The summed E-state index contributed by atoms with van der Waals surface area (Å²) in [7, 11) is -2.89. The highest BCUT2D eigenvalue weighted by Gasteiger charge is 2.21. The van der Waals surface area contributed by atoms with E-state index >= 15 is 0 Å². The zero-order valence-electron chi connectivity index (χ0n) is 11.2. The van der Waals surface area contributed by atoms with Crippen LogP contribution < -0.4 is 5.32 Å². The van der Waals surface area contributed by atoms with E-state index in [1.807, 2.05) is 13.8 Å². The van der Waals surface area contributed by atoms with Gasteiger partial charge in [0.2, 0.25) is 0 Å². The van der Waals surface area contributed by atoms with Gasteiger partial charge in [0.15, 0.2) is 9.84 Å². The molecule has 0 radical (unpaired) electrons. The molecule has 0 amide bonds. The van der Waals surface area contributed by atoms with Crippen LogP contribution in [-0.4, -0.2) is 32.0 Å². The van der Waals surface area contributed by atoms with Crippen molar-refractivity contribution in [3.05, 3.63) is 0 Å². The second-order valence-electron chi connectivity index (χ2n) is 5.27. The number of unbranched alkanes of at least 4 members (excludes halogenated alkanes) is 1. The summed E-state index contributed by atoms with van der Waals surface area (Å²) in [5, 5.41) is 3.18. The van der Waals surface area contributed by atoms with Gasteiger partial charge < -0.3 is 5.32 Å². The maximum absolute atomic E-state index is 11.9. The van der Waals surface area contributed by atoms with E-state index in [1.54, 1.807) is 0 Å². The molecule has 102 valence electrons. The highest BCUT2D eigenvalue weighted by atomic mass is 32.2. The number of nitrogens with one attached hydrogen (secondary N) is 1. The van der Waals surface area contributed by atoms with Gasteiger partial charge in [-0.15, -0.1) is 0 Å². The molecule has 1 rings (SSSR count). The van der Waals surface area contributed by atoms with Crippen LogP contribution in [0.3, 0.4) is 0 Å². The molecule has 0 aromatic rings. The van der Waals surface area contributed by atoms with Crippen LogP contribution in [0, 0.1) is 0 Å². The summed E-state index contributed by atoms with van der Waals surface area (Å²) in [5.74, 6) is 0.344. The first-order chi connectivity index (χ1) is 8.06. The fourth-order valence-corrected chi connectivity index (χ4v) is 3.76. The fraction of sp³-hybridized carbons (Fsp3) is 1.00. The Kier molecular flexibility index (Phi) is 6.49. The van der Waals surface area contributed by atoms with E-state index < -0.39 is 9.84 Å². The molecule has 3 nitrogen and oxygen atoms in total. The number of hydrogen-bond donors (Lipinski definition) is 1. The largest absolute Gasteiger partial charge is 0.313 e. The minimum absolute atomic E-state index is 0.240. The first-order valence-corrected chi connectivity index (χ1v) is 8.72. The maximum Gasteiger partial charge on any atom is 0.154 e. The fourth-order valence-electron chi connectivity index (χ4n) is 2.31. The zero-order valence-corrected chi connectivity index (χ0v) is 12.1. The van der Waals surface area contributed by atoms with Crippen molar-refractivity contribution in [1.82, 2.24) is 5.32 Å². The Morgan fingerprint density at radius 1 is 1.24 bits per heavy atom. The van der Waals surface area contributed by atoms with E-state index in [1.165, 1.54) is 32.1 Å². The number of sulfone groups is 1. The van der Waals surface area contributed by atoms with Crippen LogP contribution in [0.25, 0.3) is 0 Å². The van der Waals surface area contributed by atoms with E-state index in [0.29, 0.717) is 18.3 Å². The zero-order chi connectivity index (χ0) is 12.7. The minimum atomic E-state index is -2.89. The summed E-state index contributed by atoms with van der Waals surface area (Å²) >= 11 is 0. The van der Waals surface area contributed by atoms with Gasteiger partial charge in [0, 0.05) is 12.6 Å². The molecule has 0 aromatic carbocycles. The molecule has 0 aromatic heterocycles. The van der Waals surface area contributed by atoms with Crippen molar-refractivity contribution in [2.45, 2.75) is 70.1 Å². The van der Waals surface area contributed by atoms with Crippen LogP contribution in [0.1, 0.15) is 58.8 Å². The molecule has 17 heavy (non-hydrogen) atoms. The summed E-state index contributed by atoms with van der Waals surface area (Å²) in [6.07, 6.45) is 8.06. The predicted octanol–water partition coefficient (Wildman–Crippen LogP) is 2.51. The molecule has 1 unspecified atom stereocenters. The van der Waals surface area contributed by atoms with Crippen molar-refractivity contribution in [3.63, 3.8) is 0 Å². The second kappa shape index (κ2) is 7.37. The maximum atomic E-state index is 11.9. The van der Waals surface area contributed by atoms with Crippen LogP contribution >= 0.6 is 0 Å². The molecule has 0 heterocycles. The van der Waals surface area contributed by atoms with E-state index in [4.69, 9.17) is 0 Å². The van der Waals surface area contributed by atoms with Gasteiger partial charge in [-0.2, -0.15) is 0 Å². The van der Waals surface area contributed by atoms with Crippen molar-refractivity contribution in [2.24, 2.45) is 0 Å². The first-order valence-electron chi connectivity index (χ1n) is 7.01. The molecule has 1 saturated carbocycles. The van der Waals surface area contributed by atoms with Crippen LogP contribution in [0.5, 0.6) is 0 Å². The SMILES string of the molecule is CCCCS(=O)(=O)C(C)CNC1CCCCC1. The van der Waals surface area contributed by atoms with Crippen molar-refractivity contribution < 1.29 is 8.42 Å². The predicted molar refractivity (Wildman–Crippen MR) is 73.0 cm³/mol. The van der Waals surface area contributed by atoms with Crippen LogP contribution in [-0.2, 0) is 9.84 Å². The summed E-state index contributed by atoms with van der Waals surface area (Å²) in [6, 6.07) is 0.549. The molecule has 1 aliphatic rings. The Hall–Kier alpha value is -0.0900. The molecule has 0 bridgehead atoms. The minimum Gasteiger partial charge on any atom is -0.313 e. The summed E-state index contributed by atoms with van der Waals surface area (Å²) in [4.78, 5) is 0. The monoisotopic (exact) mass is 261 g/mol. The van der Waals surface area contributed by atoms with E-state index in [0.717, 1.165) is 12.8 Å². The molecular formula is C13H27NO2S. The summed E-state index contributed by atoms with van der Waals surface area (Å²) in [5.41, 5.74) is 0. The third kappa shape index (κ3) is 5.38. The van der Waals surface area contributed by atoms with Crippen molar-refractivity contribution in [2.75, 3.05) is 12.3 Å². The average molecular weight is 261 g/mol. The molecule has 0 spiro atoms.